The van der Waals surface area contributed by atoms with E-state index in [1.165, 1.54) is 5.56 Å². The SMILES string of the molecule is CCc1ccc([C@@H]2[C@@H](S(=O)(=O)CC)C2(CO)CO)cc1. The average Bonchev–Trinajstić information content (AvgIpc) is 3.18. The zero-order valence-corrected chi connectivity index (χ0v) is 12.7. The van der Waals surface area contributed by atoms with Crippen LogP contribution in [0.5, 0.6) is 0 Å². The fraction of sp³-hybridized carbons (Fsp3) is 0.600. The molecule has 2 atom stereocenters. The summed E-state index contributed by atoms with van der Waals surface area (Å²) in [4.78, 5) is 0. The van der Waals surface area contributed by atoms with Crippen LogP contribution in [0.25, 0.3) is 0 Å². The minimum atomic E-state index is -3.29. The van der Waals surface area contributed by atoms with E-state index in [1.54, 1.807) is 6.92 Å². The van der Waals surface area contributed by atoms with E-state index in [0.717, 1.165) is 12.0 Å². The Balaban J connectivity index is 2.38. The third kappa shape index (κ3) is 2.28. The van der Waals surface area contributed by atoms with E-state index in [1.807, 2.05) is 24.3 Å². The molecular formula is C15H22O4S. The Kier molecular flexibility index (Phi) is 4.23. The van der Waals surface area contributed by atoms with Crippen LogP contribution in [-0.2, 0) is 16.3 Å². The summed E-state index contributed by atoms with van der Waals surface area (Å²) in [7, 11) is -3.29. The molecule has 0 unspecified atom stereocenters. The maximum Gasteiger partial charge on any atom is 0.154 e. The highest BCUT2D eigenvalue weighted by Crippen LogP contribution is 2.62. The monoisotopic (exact) mass is 298 g/mol. The predicted octanol–water partition coefficient (Wildman–Crippen LogP) is 1.12. The van der Waals surface area contributed by atoms with Gasteiger partial charge in [0.25, 0.3) is 0 Å². The molecule has 0 heterocycles. The lowest BCUT2D eigenvalue weighted by Gasteiger charge is -2.11. The second-order valence-electron chi connectivity index (χ2n) is 5.49. The van der Waals surface area contributed by atoms with Crippen molar-refractivity contribution >= 4 is 9.84 Å². The summed E-state index contributed by atoms with van der Waals surface area (Å²) in [6.07, 6.45) is 0.923. The molecule has 0 amide bonds. The van der Waals surface area contributed by atoms with Crippen LogP contribution >= 0.6 is 0 Å². The van der Waals surface area contributed by atoms with E-state index >= 15 is 0 Å². The Bertz CT molecular complexity index is 558. The maximum atomic E-state index is 12.2. The van der Waals surface area contributed by atoms with E-state index in [-0.39, 0.29) is 24.9 Å². The molecule has 2 rings (SSSR count). The van der Waals surface area contributed by atoms with Gasteiger partial charge in [-0.1, -0.05) is 38.1 Å². The van der Waals surface area contributed by atoms with Crippen LogP contribution in [-0.4, -0.2) is 42.8 Å². The smallest absolute Gasteiger partial charge is 0.154 e. The van der Waals surface area contributed by atoms with Gasteiger partial charge in [-0.2, -0.15) is 0 Å². The Morgan fingerprint density at radius 3 is 2.05 bits per heavy atom. The minimum Gasteiger partial charge on any atom is -0.396 e. The summed E-state index contributed by atoms with van der Waals surface area (Å²) in [5.74, 6) is -0.281. The molecule has 20 heavy (non-hydrogen) atoms. The lowest BCUT2D eigenvalue weighted by molar-refractivity contribution is 0.130. The van der Waals surface area contributed by atoms with Crippen molar-refractivity contribution in [3.8, 4) is 0 Å². The van der Waals surface area contributed by atoms with Crippen molar-refractivity contribution in [3.05, 3.63) is 35.4 Å². The van der Waals surface area contributed by atoms with Gasteiger partial charge in [0.05, 0.1) is 18.5 Å². The molecule has 1 aromatic carbocycles. The summed E-state index contributed by atoms with van der Waals surface area (Å²) in [5.41, 5.74) is 1.14. The molecule has 1 saturated carbocycles. The number of rotatable bonds is 6. The van der Waals surface area contributed by atoms with Crippen LogP contribution in [0.4, 0.5) is 0 Å². The standard InChI is InChI=1S/C15H22O4S/c1-3-11-5-7-12(8-6-11)13-14(20(18,19)4-2)15(13,9-16)10-17/h5-8,13-14,16-17H,3-4,9-10H2,1-2H3/t13-,14-/m1/s1. The van der Waals surface area contributed by atoms with Gasteiger partial charge >= 0.3 is 0 Å². The van der Waals surface area contributed by atoms with E-state index in [0.29, 0.717) is 0 Å². The van der Waals surface area contributed by atoms with Crippen LogP contribution in [0.3, 0.4) is 0 Å². The molecule has 112 valence electrons. The number of sulfone groups is 1. The molecule has 1 fully saturated rings. The highest BCUT2D eigenvalue weighted by Gasteiger charge is 2.69. The number of aliphatic hydroxyl groups is 2. The van der Waals surface area contributed by atoms with Gasteiger partial charge in [-0.15, -0.1) is 0 Å². The first-order valence-corrected chi connectivity index (χ1v) is 8.70. The topological polar surface area (TPSA) is 74.6 Å². The number of benzene rings is 1. The van der Waals surface area contributed by atoms with Crippen molar-refractivity contribution in [3.63, 3.8) is 0 Å². The quantitative estimate of drug-likeness (QED) is 0.825. The highest BCUT2D eigenvalue weighted by atomic mass is 32.2. The third-order valence-corrected chi connectivity index (χ3v) is 6.82. The molecule has 0 saturated heterocycles. The van der Waals surface area contributed by atoms with Gasteiger partial charge < -0.3 is 10.2 Å². The Morgan fingerprint density at radius 2 is 1.65 bits per heavy atom. The van der Waals surface area contributed by atoms with Crippen LogP contribution in [0, 0.1) is 5.41 Å². The highest BCUT2D eigenvalue weighted by molar-refractivity contribution is 7.92. The molecule has 1 aromatic rings. The van der Waals surface area contributed by atoms with E-state index < -0.39 is 20.5 Å². The van der Waals surface area contributed by atoms with Crippen LogP contribution in [0.2, 0.25) is 0 Å². The second-order valence-corrected chi connectivity index (χ2v) is 7.91. The molecule has 4 nitrogen and oxygen atoms in total. The predicted molar refractivity (Wildman–Crippen MR) is 78.4 cm³/mol. The van der Waals surface area contributed by atoms with Crippen molar-refractivity contribution in [2.45, 2.75) is 31.4 Å². The molecule has 0 spiro atoms. The molecule has 2 N–H and O–H groups in total. The first kappa shape index (κ1) is 15.5. The lowest BCUT2D eigenvalue weighted by Crippen LogP contribution is -2.23. The lowest BCUT2D eigenvalue weighted by atomic mass is 9.99. The summed E-state index contributed by atoms with van der Waals surface area (Å²) in [6, 6.07) is 7.77. The third-order valence-electron chi connectivity index (χ3n) is 4.50. The van der Waals surface area contributed by atoms with Crippen molar-refractivity contribution in [1.29, 1.82) is 0 Å². The van der Waals surface area contributed by atoms with Gasteiger partial charge in [0, 0.05) is 17.1 Å². The fourth-order valence-electron chi connectivity index (χ4n) is 3.09. The summed E-state index contributed by atoms with van der Waals surface area (Å²) >= 11 is 0. The number of aryl methyl sites for hydroxylation is 1. The molecule has 0 radical (unpaired) electrons. The summed E-state index contributed by atoms with van der Waals surface area (Å²) in [5, 5.41) is 18.5. The molecular weight excluding hydrogens is 276 g/mol. The van der Waals surface area contributed by atoms with E-state index in [4.69, 9.17) is 0 Å². The Hall–Kier alpha value is -0.910. The van der Waals surface area contributed by atoms with Gasteiger partial charge in [-0.05, 0) is 17.5 Å². The maximum absolute atomic E-state index is 12.2. The zero-order chi connectivity index (χ0) is 15.0. The second kappa shape index (κ2) is 5.47. The van der Waals surface area contributed by atoms with E-state index in [2.05, 4.69) is 6.92 Å². The molecule has 1 aliphatic carbocycles. The molecule has 0 bridgehead atoms. The Morgan fingerprint density at radius 1 is 1.10 bits per heavy atom. The van der Waals surface area contributed by atoms with Gasteiger partial charge in [0.15, 0.2) is 9.84 Å². The zero-order valence-electron chi connectivity index (χ0n) is 11.9. The first-order chi connectivity index (χ1) is 9.46. The number of hydrogen-bond donors (Lipinski definition) is 2. The normalized spacial score (nSPS) is 24.6. The number of aliphatic hydroxyl groups excluding tert-OH is 2. The van der Waals surface area contributed by atoms with Gasteiger partial charge in [0.2, 0.25) is 0 Å². The van der Waals surface area contributed by atoms with Crippen molar-refractivity contribution in [2.24, 2.45) is 5.41 Å². The van der Waals surface area contributed by atoms with Crippen molar-refractivity contribution in [1.82, 2.24) is 0 Å². The minimum absolute atomic E-state index is 0.0307. The Labute approximate surface area is 120 Å². The first-order valence-electron chi connectivity index (χ1n) is 6.99. The van der Waals surface area contributed by atoms with Crippen molar-refractivity contribution in [2.75, 3.05) is 19.0 Å². The van der Waals surface area contributed by atoms with Gasteiger partial charge in [-0.3, -0.25) is 0 Å². The average molecular weight is 298 g/mol. The largest absolute Gasteiger partial charge is 0.396 e. The molecule has 5 heteroatoms. The van der Waals surface area contributed by atoms with Crippen LogP contribution in [0.15, 0.2) is 24.3 Å². The molecule has 0 aliphatic heterocycles. The van der Waals surface area contributed by atoms with Crippen LogP contribution in [0.1, 0.15) is 30.9 Å². The van der Waals surface area contributed by atoms with Gasteiger partial charge in [-0.25, -0.2) is 8.42 Å². The summed E-state index contributed by atoms with van der Waals surface area (Å²) in [6.45, 7) is 3.04. The van der Waals surface area contributed by atoms with Gasteiger partial charge in [0.1, 0.15) is 0 Å². The molecule has 0 aromatic heterocycles. The number of hydrogen-bond acceptors (Lipinski definition) is 4. The molecule has 1 aliphatic rings. The van der Waals surface area contributed by atoms with Crippen LogP contribution < -0.4 is 0 Å². The van der Waals surface area contributed by atoms with Crippen molar-refractivity contribution < 1.29 is 18.6 Å². The summed E-state index contributed by atoms with van der Waals surface area (Å²) < 4.78 is 24.4. The fourth-order valence-corrected chi connectivity index (χ4v) is 5.23. The van der Waals surface area contributed by atoms with E-state index in [9.17, 15) is 18.6 Å².